The van der Waals surface area contributed by atoms with E-state index in [1.807, 2.05) is 12.4 Å². The molecule has 1 amide bonds. The maximum atomic E-state index is 11.9. The lowest BCUT2D eigenvalue weighted by Crippen LogP contribution is -2.38. The minimum absolute atomic E-state index is 0.00806. The molecule has 5 nitrogen and oxygen atoms in total. The van der Waals surface area contributed by atoms with Crippen LogP contribution < -0.4 is 10.6 Å². The highest BCUT2D eigenvalue weighted by atomic mass is 32.1. The van der Waals surface area contributed by atoms with Crippen molar-refractivity contribution in [2.45, 2.75) is 19.3 Å². The first-order valence-corrected chi connectivity index (χ1v) is 8.25. The number of rotatable bonds is 6. The third-order valence-corrected chi connectivity index (χ3v) is 4.72. The molecule has 114 valence electrons. The van der Waals surface area contributed by atoms with Gasteiger partial charge >= 0.3 is 0 Å². The second-order valence-electron chi connectivity index (χ2n) is 5.42. The lowest BCUT2D eigenvalue weighted by molar-refractivity contribution is -0.116. The number of likely N-dealkylation sites (tertiary alicyclic amines) is 1. The summed E-state index contributed by atoms with van der Waals surface area (Å²) in [4.78, 5) is 14.3. The molecule has 0 unspecified atom stereocenters. The number of anilines is 1. The van der Waals surface area contributed by atoms with Crippen molar-refractivity contribution >= 4 is 22.2 Å². The van der Waals surface area contributed by atoms with Crippen LogP contribution in [0, 0.1) is 17.2 Å². The van der Waals surface area contributed by atoms with Crippen LogP contribution in [-0.2, 0) is 4.79 Å². The first-order chi connectivity index (χ1) is 10.2. The van der Waals surface area contributed by atoms with Crippen molar-refractivity contribution in [2.75, 3.05) is 38.5 Å². The molecule has 1 saturated heterocycles. The van der Waals surface area contributed by atoms with E-state index < -0.39 is 0 Å². The highest BCUT2D eigenvalue weighted by Crippen LogP contribution is 2.22. The van der Waals surface area contributed by atoms with Crippen LogP contribution in [0.3, 0.4) is 0 Å². The zero-order valence-corrected chi connectivity index (χ0v) is 13.2. The Morgan fingerprint density at radius 3 is 2.95 bits per heavy atom. The molecule has 0 atom stereocenters. The van der Waals surface area contributed by atoms with Crippen molar-refractivity contribution in [3.63, 3.8) is 0 Å². The number of amides is 1. The Morgan fingerprint density at radius 2 is 2.29 bits per heavy atom. The number of hydrogen-bond acceptors (Lipinski definition) is 5. The summed E-state index contributed by atoms with van der Waals surface area (Å²) in [5.74, 6) is 0.760. The quantitative estimate of drug-likeness (QED) is 0.842. The Bertz CT molecular complexity index is 500. The summed E-state index contributed by atoms with van der Waals surface area (Å²) in [7, 11) is 2.00. The van der Waals surface area contributed by atoms with E-state index >= 15 is 0 Å². The zero-order valence-electron chi connectivity index (χ0n) is 12.4. The Morgan fingerprint density at radius 1 is 1.52 bits per heavy atom. The molecular weight excluding hydrogens is 284 g/mol. The smallest absolute Gasteiger partial charge is 0.226 e. The van der Waals surface area contributed by atoms with Gasteiger partial charge in [-0.2, -0.15) is 5.26 Å². The van der Waals surface area contributed by atoms with E-state index in [9.17, 15) is 4.79 Å². The number of hydrogen-bond donors (Lipinski definition) is 2. The van der Waals surface area contributed by atoms with E-state index in [-0.39, 0.29) is 5.91 Å². The van der Waals surface area contributed by atoms with E-state index in [2.05, 4.69) is 21.6 Å². The fraction of sp³-hybridized carbons (Fsp3) is 0.600. The summed E-state index contributed by atoms with van der Waals surface area (Å²) in [6.45, 7) is 4.03. The molecule has 1 aromatic heterocycles. The lowest BCUT2D eigenvalue weighted by Gasteiger charge is -2.31. The van der Waals surface area contributed by atoms with Crippen molar-refractivity contribution in [3.8, 4) is 6.07 Å². The molecule has 1 fully saturated rings. The molecule has 2 rings (SSSR count). The van der Waals surface area contributed by atoms with Gasteiger partial charge in [0.2, 0.25) is 5.91 Å². The van der Waals surface area contributed by atoms with Crippen LogP contribution in [0.5, 0.6) is 0 Å². The predicted molar refractivity (Wildman–Crippen MR) is 85.4 cm³/mol. The Labute approximate surface area is 129 Å². The number of nitriles is 1. The van der Waals surface area contributed by atoms with Crippen molar-refractivity contribution in [3.05, 3.63) is 17.0 Å². The van der Waals surface area contributed by atoms with Crippen LogP contribution in [0.2, 0.25) is 0 Å². The number of thiophene rings is 1. The van der Waals surface area contributed by atoms with Gasteiger partial charge in [-0.25, -0.2) is 0 Å². The normalized spacial score (nSPS) is 16.6. The molecule has 0 spiro atoms. The van der Waals surface area contributed by atoms with Crippen LogP contribution in [0.1, 0.15) is 24.8 Å². The van der Waals surface area contributed by atoms with Gasteiger partial charge < -0.3 is 15.5 Å². The number of carbonyl (C=O) groups is 1. The predicted octanol–water partition coefficient (Wildman–Crippen LogP) is 1.88. The number of nitrogens with one attached hydrogen (secondary N) is 2. The zero-order chi connectivity index (χ0) is 15.1. The second-order valence-corrected chi connectivity index (χ2v) is 6.33. The first kappa shape index (κ1) is 16.0. The monoisotopic (exact) mass is 306 g/mol. The van der Waals surface area contributed by atoms with Crippen LogP contribution in [0.4, 0.5) is 5.00 Å². The summed E-state index contributed by atoms with van der Waals surface area (Å²) >= 11 is 1.39. The van der Waals surface area contributed by atoms with Crippen molar-refractivity contribution in [1.82, 2.24) is 10.2 Å². The van der Waals surface area contributed by atoms with Gasteiger partial charge in [-0.3, -0.25) is 4.79 Å². The molecule has 0 aliphatic carbocycles. The molecular formula is C15H22N4OS. The Hall–Kier alpha value is -1.42. The number of piperidine rings is 1. The average Bonchev–Trinajstić information content (AvgIpc) is 2.94. The van der Waals surface area contributed by atoms with Gasteiger partial charge in [0.25, 0.3) is 0 Å². The van der Waals surface area contributed by atoms with Crippen molar-refractivity contribution in [2.24, 2.45) is 5.92 Å². The van der Waals surface area contributed by atoms with Gasteiger partial charge in [0, 0.05) is 13.0 Å². The maximum Gasteiger partial charge on any atom is 0.226 e. The van der Waals surface area contributed by atoms with Crippen molar-refractivity contribution < 1.29 is 4.79 Å². The van der Waals surface area contributed by atoms with Gasteiger partial charge in [0.15, 0.2) is 0 Å². The summed E-state index contributed by atoms with van der Waals surface area (Å²) < 4.78 is 0. The van der Waals surface area contributed by atoms with E-state index in [4.69, 9.17) is 5.26 Å². The molecule has 1 aliphatic rings. The summed E-state index contributed by atoms with van der Waals surface area (Å²) in [5.41, 5.74) is 0.543. The standard InChI is InChI=1S/C15H22N4OS/c1-17-11-12-2-6-19(7-3-12)8-4-14(20)18-15-13(10-16)5-9-21-15/h5,9,12,17H,2-4,6-8,11H2,1H3,(H,18,20). The molecule has 2 N–H and O–H groups in total. The summed E-state index contributed by atoms with van der Waals surface area (Å²) in [5, 5.41) is 17.5. The van der Waals surface area contributed by atoms with Crippen LogP contribution >= 0.6 is 11.3 Å². The van der Waals surface area contributed by atoms with Gasteiger partial charge in [-0.1, -0.05) is 0 Å². The summed E-state index contributed by atoms with van der Waals surface area (Å²) in [6, 6.07) is 3.81. The highest BCUT2D eigenvalue weighted by molar-refractivity contribution is 7.14. The topological polar surface area (TPSA) is 68.2 Å². The Kier molecular flexibility index (Phi) is 6.18. The van der Waals surface area contributed by atoms with Crippen LogP contribution in [-0.4, -0.2) is 44.0 Å². The minimum Gasteiger partial charge on any atom is -0.319 e. The highest BCUT2D eigenvalue weighted by Gasteiger charge is 2.19. The maximum absolute atomic E-state index is 11.9. The molecule has 1 aliphatic heterocycles. The first-order valence-electron chi connectivity index (χ1n) is 7.37. The molecule has 1 aromatic rings. The molecule has 0 aromatic carbocycles. The molecule has 0 radical (unpaired) electrons. The number of nitrogens with zero attached hydrogens (tertiary/aromatic N) is 2. The average molecular weight is 306 g/mol. The Balaban J connectivity index is 1.69. The molecule has 6 heteroatoms. The van der Waals surface area contributed by atoms with Crippen molar-refractivity contribution in [1.29, 1.82) is 5.26 Å². The summed E-state index contributed by atoms with van der Waals surface area (Å²) in [6.07, 6.45) is 2.89. The number of carbonyl (C=O) groups excluding carboxylic acids is 1. The SMILES string of the molecule is CNCC1CCN(CCC(=O)Nc2sccc2C#N)CC1. The van der Waals surface area contributed by atoms with E-state index in [0.717, 1.165) is 32.1 Å². The van der Waals surface area contributed by atoms with Crippen LogP contribution in [0.15, 0.2) is 11.4 Å². The molecule has 0 saturated carbocycles. The fourth-order valence-corrected chi connectivity index (χ4v) is 3.40. The third kappa shape index (κ3) is 4.81. The largest absolute Gasteiger partial charge is 0.319 e. The van der Waals surface area contributed by atoms with Gasteiger partial charge in [0.1, 0.15) is 11.1 Å². The van der Waals surface area contributed by atoms with Crippen LogP contribution in [0.25, 0.3) is 0 Å². The van der Waals surface area contributed by atoms with Gasteiger partial charge in [-0.15, -0.1) is 11.3 Å². The van der Waals surface area contributed by atoms with E-state index in [1.54, 1.807) is 6.07 Å². The van der Waals surface area contributed by atoms with Gasteiger partial charge in [0.05, 0.1) is 5.56 Å². The van der Waals surface area contributed by atoms with E-state index in [1.165, 1.54) is 24.2 Å². The van der Waals surface area contributed by atoms with E-state index in [0.29, 0.717) is 17.0 Å². The minimum atomic E-state index is -0.00806. The molecule has 0 bridgehead atoms. The third-order valence-electron chi connectivity index (χ3n) is 3.89. The molecule has 21 heavy (non-hydrogen) atoms. The lowest BCUT2D eigenvalue weighted by atomic mass is 9.97. The molecule has 2 heterocycles. The second kappa shape index (κ2) is 8.13. The fourth-order valence-electron chi connectivity index (χ4n) is 2.65. The van der Waals surface area contributed by atoms with Gasteiger partial charge in [-0.05, 0) is 56.9 Å².